The SMILES string of the molecule is CCC(C)OCC(O)c1ccc(-c2ccccc2)cc1. The summed E-state index contributed by atoms with van der Waals surface area (Å²) in [6.45, 7) is 4.44. The first-order chi connectivity index (χ1) is 9.70. The van der Waals surface area contributed by atoms with Crippen LogP contribution in [0.15, 0.2) is 54.6 Å². The Morgan fingerprint density at radius 3 is 2.15 bits per heavy atom. The third-order valence-electron chi connectivity index (χ3n) is 3.52. The molecule has 2 rings (SSSR count). The standard InChI is InChI=1S/C18H22O2/c1-3-14(2)20-13-18(19)17-11-9-16(10-12-17)15-7-5-4-6-8-15/h4-12,14,18-19H,3,13H2,1-2H3. The number of rotatable bonds is 6. The molecule has 2 atom stereocenters. The smallest absolute Gasteiger partial charge is 0.102 e. The minimum Gasteiger partial charge on any atom is -0.386 e. The molecule has 0 aliphatic rings. The number of aliphatic hydroxyl groups is 1. The van der Waals surface area contributed by atoms with Gasteiger partial charge in [0.2, 0.25) is 0 Å². The van der Waals surface area contributed by atoms with Crippen LogP contribution >= 0.6 is 0 Å². The molecule has 2 unspecified atom stereocenters. The average Bonchev–Trinajstić information content (AvgIpc) is 2.53. The second-order valence-electron chi connectivity index (χ2n) is 5.06. The summed E-state index contributed by atoms with van der Waals surface area (Å²) in [5.41, 5.74) is 3.24. The van der Waals surface area contributed by atoms with Crippen molar-refractivity contribution in [1.82, 2.24) is 0 Å². The van der Waals surface area contributed by atoms with Gasteiger partial charge in [0.1, 0.15) is 6.10 Å². The van der Waals surface area contributed by atoms with Gasteiger partial charge in [-0.15, -0.1) is 0 Å². The van der Waals surface area contributed by atoms with Gasteiger partial charge in [0, 0.05) is 0 Å². The fraction of sp³-hybridized carbons (Fsp3) is 0.333. The van der Waals surface area contributed by atoms with Crippen LogP contribution in [-0.2, 0) is 4.74 Å². The van der Waals surface area contributed by atoms with Crippen molar-refractivity contribution < 1.29 is 9.84 Å². The number of ether oxygens (including phenoxy) is 1. The molecule has 1 N–H and O–H groups in total. The van der Waals surface area contributed by atoms with Gasteiger partial charge in [0.15, 0.2) is 0 Å². The summed E-state index contributed by atoms with van der Waals surface area (Å²) in [6.07, 6.45) is 0.585. The van der Waals surface area contributed by atoms with Crippen LogP contribution < -0.4 is 0 Å². The van der Waals surface area contributed by atoms with Gasteiger partial charge in [-0.1, -0.05) is 61.5 Å². The fourth-order valence-electron chi connectivity index (χ4n) is 2.00. The Bertz CT molecular complexity index is 505. The van der Waals surface area contributed by atoms with E-state index in [9.17, 15) is 5.11 Å². The van der Waals surface area contributed by atoms with Crippen molar-refractivity contribution >= 4 is 0 Å². The molecule has 2 aromatic carbocycles. The molecular weight excluding hydrogens is 248 g/mol. The van der Waals surface area contributed by atoms with E-state index in [1.165, 1.54) is 5.56 Å². The zero-order valence-electron chi connectivity index (χ0n) is 12.1. The van der Waals surface area contributed by atoms with E-state index in [1.54, 1.807) is 0 Å². The normalized spacial score (nSPS) is 13.9. The highest BCUT2D eigenvalue weighted by Gasteiger charge is 2.09. The lowest BCUT2D eigenvalue weighted by molar-refractivity contribution is -0.00374. The van der Waals surface area contributed by atoms with Gasteiger partial charge in [-0.25, -0.2) is 0 Å². The summed E-state index contributed by atoms with van der Waals surface area (Å²) >= 11 is 0. The molecule has 2 heteroatoms. The van der Waals surface area contributed by atoms with E-state index in [1.807, 2.05) is 49.4 Å². The van der Waals surface area contributed by atoms with Crippen LogP contribution in [0.1, 0.15) is 31.9 Å². The summed E-state index contributed by atoms with van der Waals surface area (Å²) in [6, 6.07) is 18.2. The first-order valence-electron chi connectivity index (χ1n) is 7.15. The molecule has 2 nitrogen and oxygen atoms in total. The lowest BCUT2D eigenvalue weighted by Gasteiger charge is -2.15. The van der Waals surface area contributed by atoms with E-state index in [0.29, 0.717) is 6.61 Å². The monoisotopic (exact) mass is 270 g/mol. The Morgan fingerprint density at radius 1 is 0.950 bits per heavy atom. The maximum atomic E-state index is 10.1. The number of benzene rings is 2. The minimum atomic E-state index is -0.561. The molecule has 106 valence electrons. The second kappa shape index (κ2) is 7.22. The molecule has 0 saturated heterocycles. The molecule has 0 spiro atoms. The summed E-state index contributed by atoms with van der Waals surface area (Å²) in [4.78, 5) is 0. The Kier molecular flexibility index (Phi) is 5.33. The molecule has 0 bridgehead atoms. The average molecular weight is 270 g/mol. The molecule has 0 saturated carbocycles. The predicted octanol–water partition coefficient (Wildman–Crippen LogP) is 4.20. The predicted molar refractivity (Wildman–Crippen MR) is 82.5 cm³/mol. The molecule has 0 aliphatic carbocycles. The number of hydrogen-bond donors (Lipinski definition) is 1. The molecule has 2 aromatic rings. The van der Waals surface area contributed by atoms with Crippen LogP contribution in [-0.4, -0.2) is 17.8 Å². The Labute approximate surface area is 121 Å². The largest absolute Gasteiger partial charge is 0.386 e. The highest BCUT2D eigenvalue weighted by atomic mass is 16.5. The van der Waals surface area contributed by atoms with Gasteiger partial charge in [-0.3, -0.25) is 0 Å². The zero-order chi connectivity index (χ0) is 14.4. The molecule has 0 radical (unpaired) electrons. The zero-order valence-corrected chi connectivity index (χ0v) is 12.1. The summed E-state index contributed by atoms with van der Waals surface area (Å²) in [7, 11) is 0. The van der Waals surface area contributed by atoms with Crippen LogP contribution in [0.4, 0.5) is 0 Å². The number of hydrogen-bond acceptors (Lipinski definition) is 2. The first-order valence-corrected chi connectivity index (χ1v) is 7.15. The van der Waals surface area contributed by atoms with E-state index in [-0.39, 0.29) is 6.10 Å². The van der Waals surface area contributed by atoms with Crippen LogP contribution in [0.2, 0.25) is 0 Å². The third-order valence-corrected chi connectivity index (χ3v) is 3.52. The Hall–Kier alpha value is -1.64. The van der Waals surface area contributed by atoms with Gasteiger partial charge in [0.25, 0.3) is 0 Å². The van der Waals surface area contributed by atoms with Crippen molar-refractivity contribution in [3.05, 3.63) is 60.2 Å². The van der Waals surface area contributed by atoms with Crippen LogP contribution in [0.25, 0.3) is 11.1 Å². The van der Waals surface area contributed by atoms with Crippen molar-refractivity contribution in [2.24, 2.45) is 0 Å². The fourth-order valence-corrected chi connectivity index (χ4v) is 2.00. The van der Waals surface area contributed by atoms with E-state index in [4.69, 9.17) is 4.74 Å². The minimum absolute atomic E-state index is 0.188. The maximum Gasteiger partial charge on any atom is 0.102 e. The lowest BCUT2D eigenvalue weighted by Crippen LogP contribution is -2.13. The maximum absolute atomic E-state index is 10.1. The second-order valence-corrected chi connectivity index (χ2v) is 5.06. The van der Waals surface area contributed by atoms with E-state index in [0.717, 1.165) is 17.5 Å². The van der Waals surface area contributed by atoms with E-state index >= 15 is 0 Å². The van der Waals surface area contributed by atoms with Crippen LogP contribution in [0.3, 0.4) is 0 Å². The number of aliphatic hydroxyl groups excluding tert-OH is 1. The van der Waals surface area contributed by atoms with Crippen molar-refractivity contribution in [3.63, 3.8) is 0 Å². The van der Waals surface area contributed by atoms with Gasteiger partial charge < -0.3 is 9.84 Å². The van der Waals surface area contributed by atoms with Crippen molar-refractivity contribution in [3.8, 4) is 11.1 Å². The first kappa shape index (κ1) is 14.8. The molecule has 0 aromatic heterocycles. The van der Waals surface area contributed by atoms with Gasteiger partial charge in [-0.2, -0.15) is 0 Å². The topological polar surface area (TPSA) is 29.5 Å². The van der Waals surface area contributed by atoms with Crippen LogP contribution in [0, 0.1) is 0 Å². The highest BCUT2D eigenvalue weighted by molar-refractivity contribution is 5.63. The molecule has 0 fully saturated rings. The van der Waals surface area contributed by atoms with Crippen molar-refractivity contribution in [2.75, 3.05) is 6.61 Å². The summed E-state index contributed by atoms with van der Waals surface area (Å²) < 4.78 is 5.57. The lowest BCUT2D eigenvalue weighted by atomic mass is 10.0. The Balaban J connectivity index is 2.01. The van der Waals surface area contributed by atoms with E-state index < -0.39 is 6.10 Å². The highest BCUT2D eigenvalue weighted by Crippen LogP contribution is 2.22. The van der Waals surface area contributed by atoms with Gasteiger partial charge in [0.05, 0.1) is 12.7 Å². The summed E-state index contributed by atoms with van der Waals surface area (Å²) in [5, 5.41) is 10.1. The van der Waals surface area contributed by atoms with Crippen molar-refractivity contribution in [2.45, 2.75) is 32.5 Å². The van der Waals surface area contributed by atoms with E-state index in [2.05, 4.69) is 19.1 Å². The Morgan fingerprint density at radius 2 is 1.55 bits per heavy atom. The quantitative estimate of drug-likeness (QED) is 0.852. The van der Waals surface area contributed by atoms with Gasteiger partial charge >= 0.3 is 0 Å². The molecular formula is C18H22O2. The molecule has 0 aliphatic heterocycles. The molecule has 20 heavy (non-hydrogen) atoms. The molecule has 0 heterocycles. The van der Waals surface area contributed by atoms with Crippen molar-refractivity contribution in [1.29, 1.82) is 0 Å². The van der Waals surface area contributed by atoms with Crippen LogP contribution in [0.5, 0.6) is 0 Å². The third kappa shape index (κ3) is 3.92. The van der Waals surface area contributed by atoms with Gasteiger partial charge in [-0.05, 0) is 30.0 Å². The molecule has 0 amide bonds. The summed E-state index contributed by atoms with van der Waals surface area (Å²) in [5.74, 6) is 0.